The highest BCUT2D eigenvalue weighted by Crippen LogP contribution is 2.68. The van der Waals surface area contributed by atoms with Gasteiger partial charge >= 0.3 is 6.03 Å². The van der Waals surface area contributed by atoms with Crippen molar-refractivity contribution < 1.29 is 23.5 Å². The maximum Gasteiger partial charge on any atom is 0.325 e. The lowest BCUT2D eigenvalue weighted by molar-refractivity contribution is -0.138. The van der Waals surface area contributed by atoms with Gasteiger partial charge in [-0.25, -0.2) is 9.18 Å². The van der Waals surface area contributed by atoms with Gasteiger partial charge in [-0.05, 0) is 53.7 Å². The Morgan fingerprint density at radius 1 is 1.06 bits per heavy atom. The average molecular weight is 486 g/mol. The molecule has 190 valence electrons. The van der Waals surface area contributed by atoms with Gasteiger partial charge < -0.3 is 15.0 Å². The van der Waals surface area contributed by atoms with Gasteiger partial charge in [0.1, 0.15) is 11.4 Å². The number of nitrogens with one attached hydrogen (secondary N) is 1. The summed E-state index contributed by atoms with van der Waals surface area (Å²) in [5.74, 6) is -0.493. The molecule has 1 N–H and O–H groups in total. The van der Waals surface area contributed by atoms with E-state index < -0.39 is 5.54 Å². The first-order valence-corrected chi connectivity index (χ1v) is 12.8. The first-order valence-electron chi connectivity index (χ1n) is 12.8. The molecule has 4 aliphatic rings. The second-order valence-electron chi connectivity index (χ2n) is 11.9. The van der Waals surface area contributed by atoms with E-state index in [1.54, 1.807) is 12.1 Å². The number of rotatable bonds is 5. The zero-order chi connectivity index (χ0) is 25.2. The van der Waals surface area contributed by atoms with Crippen molar-refractivity contribution in [1.29, 1.82) is 0 Å². The summed E-state index contributed by atoms with van der Waals surface area (Å²) < 4.78 is 19.0. The molecule has 4 fully saturated rings. The minimum Gasteiger partial charge on any atom is -0.379 e. The molecule has 4 amide bonds. The molecule has 1 saturated carbocycles. The summed E-state index contributed by atoms with van der Waals surface area (Å²) in [6.07, 6.45) is 2.18. The quantitative estimate of drug-likeness (QED) is 0.649. The molecule has 0 bridgehead atoms. The van der Waals surface area contributed by atoms with Gasteiger partial charge in [0.05, 0.1) is 12.6 Å². The highest BCUT2D eigenvalue weighted by molar-refractivity contribution is 6.07. The number of piperidine rings is 1. The van der Waals surface area contributed by atoms with Crippen LogP contribution in [0.25, 0.3) is 0 Å². The number of hydrogen-bond donors (Lipinski definition) is 1. The van der Waals surface area contributed by atoms with Crippen LogP contribution in [-0.2, 0) is 20.7 Å². The van der Waals surface area contributed by atoms with E-state index in [1.807, 2.05) is 4.90 Å². The monoisotopic (exact) mass is 485 g/mol. The Balaban J connectivity index is 1.37. The summed E-state index contributed by atoms with van der Waals surface area (Å²) in [7, 11) is 0. The Bertz CT molecular complexity index is 1010. The molecule has 8 heteroatoms. The minimum atomic E-state index is -1.11. The van der Waals surface area contributed by atoms with Crippen LogP contribution in [0.1, 0.15) is 52.5 Å². The van der Waals surface area contributed by atoms with Crippen LogP contribution in [-0.4, -0.2) is 65.5 Å². The number of carbonyl (C=O) groups excluding carboxylic acids is 3. The molecule has 1 aliphatic carbocycles. The lowest BCUT2D eigenvalue weighted by atomic mass is 9.73. The summed E-state index contributed by atoms with van der Waals surface area (Å²) in [5.41, 5.74) is -0.358. The van der Waals surface area contributed by atoms with Gasteiger partial charge in [-0.15, -0.1) is 0 Å². The standard InChI is InChI=1S/C27H36FN3O4/c1-25(2)21(26(25,3)4)22(32)30-12-9-18(10-13-30)27(15-17-5-7-19(28)8-6-17)23(33)31(24(34)29-27)20-11-14-35-16-20/h5-8,18,20-21H,9-16H2,1-4H3,(H,29,34)/t20-,27-/m1/s1. The van der Waals surface area contributed by atoms with Crippen LogP contribution < -0.4 is 5.32 Å². The highest BCUT2D eigenvalue weighted by Gasteiger charge is 2.69. The first-order chi connectivity index (χ1) is 16.5. The van der Waals surface area contributed by atoms with Gasteiger partial charge in [0.15, 0.2) is 0 Å². The van der Waals surface area contributed by atoms with E-state index >= 15 is 0 Å². The maximum absolute atomic E-state index is 13.9. The summed E-state index contributed by atoms with van der Waals surface area (Å²) in [6.45, 7) is 10.6. The molecule has 0 aromatic heterocycles. The third kappa shape index (κ3) is 3.76. The highest BCUT2D eigenvalue weighted by atomic mass is 19.1. The Morgan fingerprint density at radius 3 is 2.23 bits per heavy atom. The Kier molecular flexibility index (Phi) is 5.74. The molecule has 0 spiro atoms. The molecule has 7 nitrogen and oxygen atoms in total. The van der Waals surface area contributed by atoms with Gasteiger partial charge in [-0.1, -0.05) is 39.8 Å². The fraction of sp³-hybridized carbons (Fsp3) is 0.667. The van der Waals surface area contributed by atoms with E-state index in [9.17, 15) is 18.8 Å². The first kappa shape index (κ1) is 24.2. The summed E-state index contributed by atoms with van der Waals surface area (Å²) in [6, 6.07) is 5.47. The number of amides is 4. The molecular weight excluding hydrogens is 449 g/mol. The molecule has 3 saturated heterocycles. The molecular formula is C27H36FN3O4. The number of ether oxygens (including phenoxy) is 1. The Labute approximate surface area is 206 Å². The van der Waals surface area contributed by atoms with Crippen LogP contribution in [0, 0.1) is 28.5 Å². The van der Waals surface area contributed by atoms with E-state index in [0.29, 0.717) is 52.0 Å². The molecule has 0 unspecified atom stereocenters. The van der Waals surface area contributed by atoms with Crippen LogP contribution in [0.4, 0.5) is 9.18 Å². The summed E-state index contributed by atoms with van der Waals surface area (Å²) in [5, 5.41) is 3.07. The molecule has 2 atom stereocenters. The predicted molar refractivity (Wildman–Crippen MR) is 128 cm³/mol. The van der Waals surface area contributed by atoms with Crippen LogP contribution in [0.2, 0.25) is 0 Å². The number of imide groups is 1. The van der Waals surface area contributed by atoms with Crippen LogP contribution >= 0.6 is 0 Å². The van der Waals surface area contributed by atoms with Crippen LogP contribution in [0.15, 0.2) is 24.3 Å². The van der Waals surface area contributed by atoms with Gasteiger partial charge in [0.2, 0.25) is 5.91 Å². The molecule has 1 aromatic rings. The van der Waals surface area contributed by atoms with Crippen molar-refractivity contribution in [3.8, 4) is 0 Å². The fourth-order valence-electron chi connectivity index (χ4n) is 6.72. The van der Waals surface area contributed by atoms with Crippen molar-refractivity contribution >= 4 is 17.8 Å². The SMILES string of the molecule is CC1(C)C(C(=O)N2CCC([C@@]3(Cc4ccc(F)cc4)NC(=O)N([C@@H]4CCOC4)C3=O)CC2)C1(C)C. The van der Waals surface area contributed by atoms with Crippen LogP contribution in [0.5, 0.6) is 0 Å². The molecule has 3 aliphatic heterocycles. The maximum atomic E-state index is 13.9. The van der Waals surface area contributed by atoms with Crippen LogP contribution in [0.3, 0.4) is 0 Å². The number of carbonyl (C=O) groups is 3. The summed E-state index contributed by atoms with van der Waals surface area (Å²) >= 11 is 0. The zero-order valence-corrected chi connectivity index (χ0v) is 21.1. The van der Waals surface area contributed by atoms with Gasteiger partial charge in [0.25, 0.3) is 5.91 Å². The van der Waals surface area contributed by atoms with Crippen molar-refractivity contribution in [3.63, 3.8) is 0 Å². The number of hydrogen-bond acceptors (Lipinski definition) is 4. The van der Waals surface area contributed by atoms with E-state index in [-0.39, 0.29) is 52.4 Å². The molecule has 3 heterocycles. The third-order valence-corrected chi connectivity index (χ3v) is 9.59. The molecule has 35 heavy (non-hydrogen) atoms. The van der Waals surface area contributed by atoms with Crippen molar-refractivity contribution in [1.82, 2.24) is 15.1 Å². The van der Waals surface area contributed by atoms with E-state index in [0.717, 1.165) is 5.56 Å². The molecule has 0 radical (unpaired) electrons. The largest absolute Gasteiger partial charge is 0.379 e. The van der Waals surface area contributed by atoms with Crippen molar-refractivity contribution in [2.75, 3.05) is 26.3 Å². The number of nitrogens with zero attached hydrogens (tertiary/aromatic N) is 2. The number of halogens is 1. The Morgan fingerprint density at radius 2 is 1.69 bits per heavy atom. The molecule has 5 rings (SSSR count). The second-order valence-corrected chi connectivity index (χ2v) is 11.9. The third-order valence-electron chi connectivity index (χ3n) is 9.59. The smallest absolute Gasteiger partial charge is 0.325 e. The number of urea groups is 1. The van der Waals surface area contributed by atoms with Crippen molar-refractivity contribution in [2.45, 2.75) is 65.0 Å². The topological polar surface area (TPSA) is 79.0 Å². The number of benzene rings is 1. The lowest BCUT2D eigenvalue weighted by Gasteiger charge is -2.41. The average Bonchev–Trinajstić information content (AvgIpc) is 3.22. The predicted octanol–water partition coefficient (Wildman–Crippen LogP) is 3.37. The van der Waals surface area contributed by atoms with E-state index in [4.69, 9.17) is 4.74 Å². The van der Waals surface area contributed by atoms with Gasteiger partial charge in [0, 0.05) is 32.0 Å². The molecule has 1 aromatic carbocycles. The second kappa shape index (κ2) is 8.29. The fourth-order valence-corrected chi connectivity index (χ4v) is 6.72. The minimum absolute atomic E-state index is 0.00500. The van der Waals surface area contributed by atoms with Gasteiger partial charge in [-0.2, -0.15) is 0 Å². The van der Waals surface area contributed by atoms with Gasteiger partial charge in [-0.3, -0.25) is 14.5 Å². The van der Waals surface area contributed by atoms with Crippen molar-refractivity contribution in [2.24, 2.45) is 22.7 Å². The number of likely N-dealkylation sites (tertiary alicyclic amines) is 1. The zero-order valence-electron chi connectivity index (χ0n) is 21.1. The van der Waals surface area contributed by atoms with E-state index in [2.05, 4.69) is 33.0 Å². The Hall–Kier alpha value is -2.48. The van der Waals surface area contributed by atoms with E-state index in [1.165, 1.54) is 17.0 Å². The lowest BCUT2D eigenvalue weighted by Crippen LogP contribution is -2.58. The summed E-state index contributed by atoms with van der Waals surface area (Å²) in [4.78, 5) is 43.6. The normalized spacial score (nSPS) is 30.6. The van der Waals surface area contributed by atoms with Crippen molar-refractivity contribution in [3.05, 3.63) is 35.6 Å².